The molecule has 0 saturated carbocycles. The smallest absolute Gasteiger partial charge is 0.194 e. The zero-order valence-electron chi connectivity index (χ0n) is 15.2. The number of aliphatic imine (C=N–C) groups is 1. The van der Waals surface area contributed by atoms with Crippen molar-refractivity contribution in [2.45, 2.75) is 13.5 Å². The number of anilines is 1. The van der Waals surface area contributed by atoms with Crippen LogP contribution >= 0.6 is 24.0 Å². The number of halogens is 1. The van der Waals surface area contributed by atoms with Gasteiger partial charge < -0.3 is 20.2 Å². The summed E-state index contributed by atoms with van der Waals surface area (Å²) in [5.41, 5.74) is 0.892. The minimum atomic E-state index is 0. The Balaban J connectivity index is 0.00000243. The zero-order chi connectivity index (χ0) is 17.6. The third kappa shape index (κ3) is 4.77. The van der Waals surface area contributed by atoms with E-state index in [4.69, 9.17) is 4.99 Å². The Morgan fingerprint density at radius 1 is 1.23 bits per heavy atom. The van der Waals surface area contributed by atoms with E-state index in [1.54, 1.807) is 17.1 Å². The molecule has 1 saturated heterocycles. The summed E-state index contributed by atoms with van der Waals surface area (Å²) in [4.78, 5) is 13.4. The molecule has 0 spiro atoms. The number of phenolic OH excluding ortho intramolecular Hbond substituents is 1. The highest BCUT2D eigenvalue weighted by Gasteiger charge is 2.21. The van der Waals surface area contributed by atoms with Crippen molar-refractivity contribution >= 4 is 35.6 Å². The van der Waals surface area contributed by atoms with Crippen LogP contribution < -0.4 is 10.2 Å². The van der Waals surface area contributed by atoms with Gasteiger partial charge >= 0.3 is 0 Å². The molecule has 2 heterocycles. The molecule has 2 aromatic rings. The number of nitrogens with zero attached hydrogens (tertiary/aromatic N) is 6. The molecule has 0 atom stereocenters. The van der Waals surface area contributed by atoms with Gasteiger partial charge in [0.05, 0.1) is 5.69 Å². The van der Waals surface area contributed by atoms with Gasteiger partial charge in [-0.05, 0) is 19.1 Å². The molecule has 0 bridgehead atoms. The summed E-state index contributed by atoms with van der Waals surface area (Å²) in [7, 11) is 1.87. The van der Waals surface area contributed by atoms with Gasteiger partial charge in [0.1, 0.15) is 24.4 Å². The summed E-state index contributed by atoms with van der Waals surface area (Å²) in [5, 5.41) is 17.5. The van der Waals surface area contributed by atoms with Crippen molar-refractivity contribution in [3.8, 4) is 5.75 Å². The lowest BCUT2D eigenvalue weighted by Crippen LogP contribution is -2.52. The monoisotopic (exact) mass is 471 g/mol. The minimum Gasteiger partial charge on any atom is -0.506 e. The first kappa shape index (κ1) is 20.3. The third-order valence-electron chi connectivity index (χ3n) is 4.31. The van der Waals surface area contributed by atoms with Crippen molar-refractivity contribution < 1.29 is 5.11 Å². The van der Waals surface area contributed by atoms with Crippen molar-refractivity contribution in [3.05, 3.63) is 36.4 Å². The Labute approximate surface area is 170 Å². The van der Waals surface area contributed by atoms with Crippen LogP contribution in [0.4, 0.5) is 5.69 Å². The van der Waals surface area contributed by atoms with E-state index in [-0.39, 0.29) is 24.0 Å². The summed E-state index contributed by atoms with van der Waals surface area (Å²) < 4.78 is 1.74. The quantitative estimate of drug-likeness (QED) is 0.399. The standard InChI is InChI=1S/C17H25N7O.HI/c1-3-18-17(19-12-16-20-13-21-22(16)2)24-10-8-23(9-11-24)14-6-4-5-7-15(14)25;/h4-7,13,25H,3,8-12H2,1-2H3,(H,18,19);1H. The Morgan fingerprint density at radius 2 is 1.96 bits per heavy atom. The Hall–Kier alpha value is -2.04. The number of guanidine groups is 1. The molecule has 2 N–H and O–H groups in total. The normalized spacial score (nSPS) is 14.9. The van der Waals surface area contributed by atoms with E-state index in [0.29, 0.717) is 12.3 Å². The molecule has 8 nitrogen and oxygen atoms in total. The summed E-state index contributed by atoms with van der Waals surface area (Å²) in [6.45, 7) is 6.75. The van der Waals surface area contributed by atoms with E-state index in [2.05, 4.69) is 32.1 Å². The van der Waals surface area contributed by atoms with Gasteiger partial charge in [0.25, 0.3) is 0 Å². The molecule has 26 heavy (non-hydrogen) atoms. The van der Waals surface area contributed by atoms with E-state index in [1.165, 1.54) is 0 Å². The molecule has 1 aliphatic heterocycles. The first-order valence-electron chi connectivity index (χ1n) is 8.58. The van der Waals surface area contributed by atoms with Crippen LogP contribution in [-0.4, -0.2) is 63.5 Å². The predicted octanol–water partition coefficient (Wildman–Crippen LogP) is 1.43. The van der Waals surface area contributed by atoms with Gasteiger partial charge in [-0.2, -0.15) is 5.10 Å². The van der Waals surface area contributed by atoms with Crippen LogP contribution in [-0.2, 0) is 13.6 Å². The van der Waals surface area contributed by atoms with Crippen molar-refractivity contribution in [2.24, 2.45) is 12.0 Å². The van der Waals surface area contributed by atoms with Crippen molar-refractivity contribution in [1.82, 2.24) is 25.0 Å². The number of aromatic hydroxyl groups is 1. The van der Waals surface area contributed by atoms with E-state index < -0.39 is 0 Å². The molecular weight excluding hydrogens is 445 g/mol. The first-order chi connectivity index (χ1) is 12.2. The zero-order valence-corrected chi connectivity index (χ0v) is 17.5. The lowest BCUT2D eigenvalue weighted by molar-refractivity contribution is 0.369. The van der Waals surface area contributed by atoms with Crippen LogP contribution in [0.1, 0.15) is 12.7 Å². The second-order valence-electron chi connectivity index (χ2n) is 5.93. The maximum Gasteiger partial charge on any atom is 0.194 e. The number of aromatic nitrogens is 3. The average molecular weight is 471 g/mol. The Kier molecular flexibility index (Phi) is 7.49. The number of hydrogen-bond acceptors (Lipinski definition) is 5. The highest BCUT2D eigenvalue weighted by Crippen LogP contribution is 2.27. The summed E-state index contributed by atoms with van der Waals surface area (Å²) in [5.74, 6) is 2.06. The Morgan fingerprint density at radius 3 is 2.58 bits per heavy atom. The lowest BCUT2D eigenvalue weighted by Gasteiger charge is -2.37. The molecule has 1 aromatic carbocycles. The maximum atomic E-state index is 10.0. The number of aryl methyl sites for hydroxylation is 1. The molecule has 1 fully saturated rings. The fraction of sp³-hybridized carbons (Fsp3) is 0.471. The number of rotatable bonds is 4. The second-order valence-corrected chi connectivity index (χ2v) is 5.93. The summed E-state index contributed by atoms with van der Waals surface area (Å²) >= 11 is 0. The lowest BCUT2D eigenvalue weighted by atomic mass is 10.2. The van der Waals surface area contributed by atoms with Crippen LogP contribution in [0.5, 0.6) is 5.75 Å². The average Bonchev–Trinajstić information content (AvgIpc) is 3.04. The van der Waals surface area contributed by atoms with Gasteiger partial charge in [0.15, 0.2) is 5.96 Å². The van der Waals surface area contributed by atoms with Crippen LogP contribution in [0.3, 0.4) is 0 Å². The van der Waals surface area contributed by atoms with E-state index in [9.17, 15) is 5.11 Å². The van der Waals surface area contributed by atoms with Crippen LogP contribution in [0.25, 0.3) is 0 Å². The molecule has 3 rings (SSSR count). The van der Waals surface area contributed by atoms with Crippen LogP contribution in [0.15, 0.2) is 35.6 Å². The number of nitrogens with one attached hydrogen (secondary N) is 1. The van der Waals surface area contributed by atoms with E-state index in [1.807, 2.05) is 25.2 Å². The summed E-state index contributed by atoms with van der Waals surface area (Å²) in [6, 6.07) is 7.48. The number of para-hydroxylation sites is 2. The van der Waals surface area contributed by atoms with Gasteiger partial charge in [-0.15, -0.1) is 24.0 Å². The van der Waals surface area contributed by atoms with Crippen molar-refractivity contribution in [3.63, 3.8) is 0 Å². The molecule has 1 aliphatic rings. The largest absolute Gasteiger partial charge is 0.506 e. The van der Waals surface area contributed by atoms with Crippen LogP contribution in [0.2, 0.25) is 0 Å². The minimum absolute atomic E-state index is 0. The van der Waals surface area contributed by atoms with Gasteiger partial charge in [-0.3, -0.25) is 4.68 Å². The highest BCUT2D eigenvalue weighted by atomic mass is 127. The van der Waals surface area contributed by atoms with Crippen molar-refractivity contribution in [1.29, 1.82) is 0 Å². The molecule has 142 valence electrons. The van der Waals surface area contributed by atoms with Crippen LogP contribution in [0, 0.1) is 0 Å². The van der Waals surface area contributed by atoms with E-state index in [0.717, 1.165) is 50.2 Å². The third-order valence-corrected chi connectivity index (χ3v) is 4.31. The molecule has 0 amide bonds. The number of hydrogen-bond donors (Lipinski definition) is 2. The van der Waals surface area contributed by atoms with Crippen molar-refractivity contribution in [2.75, 3.05) is 37.6 Å². The first-order valence-corrected chi connectivity index (χ1v) is 8.58. The Bertz CT molecular complexity index is 725. The molecule has 0 aliphatic carbocycles. The highest BCUT2D eigenvalue weighted by molar-refractivity contribution is 14.0. The maximum absolute atomic E-state index is 10.0. The van der Waals surface area contributed by atoms with E-state index >= 15 is 0 Å². The second kappa shape index (κ2) is 9.60. The fourth-order valence-corrected chi connectivity index (χ4v) is 2.93. The van der Waals surface area contributed by atoms with Gasteiger partial charge in [-0.1, -0.05) is 12.1 Å². The molecule has 1 aromatic heterocycles. The number of piperazine rings is 1. The van der Waals surface area contributed by atoms with Gasteiger partial charge in [-0.25, -0.2) is 9.98 Å². The number of benzene rings is 1. The molecule has 0 unspecified atom stereocenters. The predicted molar refractivity (Wildman–Crippen MR) is 113 cm³/mol. The topological polar surface area (TPSA) is 81.8 Å². The van der Waals surface area contributed by atoms with Gasteiger partial charge in [0.2, 0.25) is 0 Å². The number of phenols is 1. The molecule has 9 heteroatoms. The molecule has 0 radical (unpaired) electrons. The van der Waals surface area contributed by atoms with Gasteiger partial charge in [0, 0.05) is 39.8 Å². The SMILES string of the molecule is CCNC(=NCc1ncnn1C)N1CCN(c2ccccc2O)CC1.I. The fourth-order valence-electron chi connectivity index (χ4n) is 2.93. The summed E-state index contributed by atoms with van der Waals surface area (Å²) in [6.07, 6.45) is 1.54. The molecular formula is C17H26IN7O.